The van der Waals surface area contributed by atoms with E-state index in [2.05, 4.69) is 0 Å². The van der Waals surface area contributed by atoms with Crippen molar-refractivity contribution in [2.75, 3.05) is 13.2 Å². The molecule has 0 saturated heterocycles. The zero-order valence-electron chi connectivity index (χ0n) is 10.3. The summed E-state index contributed by atoms with van der Waals surface area (Å²) in [5.41, 5.74) is 15.0. The topological polar surface area (TPSA) is 210 Å². The van der Waals surface area contributed by atoms with Gasteiger partial charge in [-0.05, 0) is 0 Å². The monoisotopic (exact) mass is 292 g/mol. The molecule has 3 amide bonds. The van der Waals surface area contributed by atoms with Gasteiger partial charge < -0.3 is 32.5 Å². The number of carboxylic acids is 1. The van der Waals surface area contributed by atoms with Gasteiger partial charge in [-0.2, -0.15) is 0 Å². The number of carbonyl (C=O) groups is 4. The van der Waals surface area contributed by atoms with E-state index in [1.165, 1.54) is 0 Å². The molecular formula is C9H16N4O7. The van der Waals surface area contributed by atoms with Crippen molar-refractivity contribution in [1.29, 1.82) is 0 Å². The molecule has 3 atom stereocenters. The van der Waals surface area contributed by atoms with E-state index < -0.39 is 55.0 Å². The average Bonchev–Trinajstić information content (AvgIpc) is 2.40. The zero-order chi connectivity index (χ0) is 16.0. The van der Waals surface area contributed by atoms with Gasteiger partial charge in [0.25, 0.3) is 0 Å². The first-order chi connectivity index (χ1) is 9.18. The van der Waals surface area contributed by atoms with E-state index in [4.69, 9.17) is 27.4 Å². The van der Waals surface area contributed by atoms with Gasteiger partial charge in [0.2, 0.25) is 17.7 Å². The third-order valence-corrected chi connectivity index (χ3v) is 2.37. The fourth-order valence-corrected chi connectivity index (χ4v) is 1.29. The second-order valence-corrected chi connectivity index (χ2v) is 3.72. The average molecular weight is 292 g/mol. The molecule has 0 saturated carbocycles. The van der Waals surface area contributed by atoms with Crippen molar-refractivity contribution in [1.82, 2.24) is 4.90 Å². The van der Waals surface area contributed by atoms with Gasteiger partial charge in [0.15, 0.2) is 12.1 Å². The van der Waals surface area contributed by atoms with Crippen LogP contribution in [0.15, 0.2) is 0 Å². The summed E-state index contributed by atoms with van der Waals surface area (Å²) >= 11 is 0. The molecule has 0 heterocycles. The predicted molar refractivity (Wildman–Crippen MR) is 62.6 cm³/mol. The van der Waals surface area contributed by atoms with Crippen LogP contribution < -0.4 is 17.2 Å². The molecule has 0 aliphatic carbocycles. The summed E-state index contributed by atoms with van der Waals surface area (Å²) < 4.78 is 0. The number of amides is 3. The second kappa shape index (κ2) is 7.49. The molecule has 9 N–H and O–H groups in total. The minimum absolute atomic E-state index is 0.0825. The number of carbonyl (C=O) groups excluding carboxylic acids is 3. The highest BCUT2D eigenvalue weighted by molar-refractivity contribution is 6.03. The molecule has 0 aromatic heterocycles. The first-order valence-corrected chi connectivity index (χ1v) is 5.31. The van der Waals surface area contributed by atoms with Gasteiger partial charge in [-0.25, -0.2) is 4.79 Å². The molecule has 0 aliphatic rings. The van der Waals surface area contributed by atoms with Crippen molar-refractivity contribution in [2.45, 2.75) is 18.2 Å². The molecule has 114 valence electrons. The minimum Gasteiger partial charge on any atom is -0.480 e. The van der Waals surface area contributed by atoms with Gasteiger partial charge in [-0.3, -0.25) is 19.3 Å². The largest absolute Gasteiger partial charge is 0.480 e. The molecule has 0 aromatic carbocycles. The van der Waals surface area contributed by atoms with Crippen LogP contribution in [0.25, 0.3) is 0 Å². The molecule has 0 radical (unpaired) electrons. The Labute approximate surface area is 112 Å². The summed E-state index contributed by atoms with van der Waals surface area (Å²) in [6.45, 7) is -1.83. The van der Waals surface area contributed by atoms with Crippen molar-refractivity contribution < 1.29 is 34.5 Å². The number of hydrogen-bond acceptors (Lipinski definition) is 8. The van der Waals surface area contributed by atoms with Crippen molar-refractivity contribution >= 4 is 23.7 Å². The van der Waals surface area contributed by atoms with Crippen LogP contribution in [-0.4, -0.2) is 75.2 Å². The zero-order valence-corrected chi connectivity index (χ0v) is 10.3. The SMILES string of the molecule is NCC(=O)N(C(=O)[C@@H](N)[C@H](O)C(N)=O)[C@@H](CO)C(=O)O. The van der Waals surface area contributed by atoms with Crippen LogP contribution in [0.5, 0.6) is 0 Å². The predicted octanol–water partition coefficient (Wildman–Crippen LogP) is -5.08. The fourth-order valence-electron chi connectivity index (χ4n) is 1.29. The fraction of sp³-hybridized carbons (Fsp3) is 0.556. The molecular weight excluding hydrogens is 276 g/mol. The Morgan fingerprint density at radius 1 is 1.20 bits per heavy atom. The summed E-state index contributed by atoms with van der Waals surface area (Å²) in [5, 5.41) is 27.0. The minimum atomic E-state index is -2.12. The number of aliphatic hydroxyl groups excluding tert-OH is 2. The first kappa shape index (κ1) is 17.9. The van der Waals surface area contributed by atoms with Crippen LogP contribution >= 0.6 is 0 Å². The van der Waals surface area contributed by atoms with Gasteiger partial charge in [-0.15, -0.1) is 0 Å². The number of aliphatic carboxylic acids is 1. The van der Waals surface area contributed by atoms with Crippen LogP contribution in [0.2, 0.25) is 0 Å². The number of hydrogen-bond donors (Lipinski definition) is 6. The number of aliphatic hydroxyl groups is 2. The lowest BCUT2D eigenvalue weighted by Crippen LogP contribution is -2.61. The Kier molecular flexibility index (Phi) is 6.72. The van der Waals surface area contributed by atoms with Gasteiger partial charge in [0.1, 0.15) is 6.04 Å². The summed E-state index contributed by atoms with van der Waals surface area (Å²) in [5.74, 6) is -5.57. The third kappa shape index (κ3) is 3.96. The van der Waals surface area contributed by atoms with Crippen molar-refractivity contribution in [3.05, 3.63) is 0 Å². The number of rotatable bonds is 7. The first-order valence-electron chi connectivity index (χ1n) is 5.31. The molecule has 0 aliphatic heterocycles. The highest BCUT2D eigenvalue weighted by atomic mass is 16.4. The number of carboxylic acid groups (broad SMARTS) is 1. The number of nitrogens with two attached hydrogens (primary N) is 3. The van der Waals surface area contributed by atoms with E-state index in [-0.39, 0.29) is 4.90 Å². The molecule has 11 heteroatoms. The molecule has 11 nitrogen and oxygen atoms in total. The Morgan fingerprint density at radius 2 is 1.70 bits per heavy atom. The maximum Gasteiger partial charge on any atom is 0.329 e. The smallest absolute Gasteiger partial charge is 0.329 e. The van der Waals surface area contributed by atoms with Crippen LogP contribution in [0.1, 0.15) is 0 Å². The van der Waals surface area contributed by atoms with Crippen LogP contribution in [0.3, 0.4) is 0 Å². The lowest BCUT2D eigenvalue weighted by atomic mass is 10.1. The van der Waals surface area contributed by atoms with Crippen molar-refractivity contribution in [2.24, 2.45) is 17.2 Å². The van der Waals surface area contributed by atoms with E-state index in [1.54, 1.807) is 0 Å². The van der Waals surface area contributed by atoms with Crippen molar-refractivity contribution in [3.63, 3.8) is 0 Å². The highest BCUT2D eigenvalue weighted by Gasteiger charge is 2.39. The lowest BCUT2D eigenvalue weighted by Gasteiger charge is -2.28. The number of primary amides is 1. The van der Waals surface area contributed by atoms with Gasteiger partial charge in [0.05, 0.1) is 13.2 Å². The Hall–Kier alpha value is -2.08. The molecule has 0 aromatic rings. The van der Waals surface area contributed by atoms with E-state index in [0.717, 1.165) is 0 Å². The summed E-state index contributed by atoms with van der Waals surface area (Å²) in [6, 6.07) is -3.90. The highest BCUT2D eigenvalue weighted by Crippen LogP contribution is 2.06. The maximum atomic E-state index is 11.9. The van der Waals surface area contributed by atoms with Crippen LogP contribution in [-0.2, 0) is 19.2 Å². The Balaban J connectivity index is 5.43. The quantitative estimate of drug-likeness (QED) is 0.264. The molecule has 0 rings (SSSR count). The molecule has 0 bridgehead atoms. The van der Waals surface area contributed by atoms with Gasteiger partial charge >= 0.3 is 5.97 Å². The van der Waals surface area contributed by atoms with E-state index in [0.29, 0.717) is 0 Å². The Morgan fingerprint density at radius 3 is 2.00 bits per heavy atom. The summed E-state index contributed by atoms with van der Waals surface area (Å²) in [7, 11) is 0. The second-order valence-electron chi connectivity index (χ2n) is 3.72. The molecule has 20 heavy (non-hydrogen) atoms. The number of imide groups is 1. The van der Waals surface area contributed by atoms with E-state index in [9.17, 15) is 24.3 Å². The van der Waals surface area contributed by atoms with E-state index in [1.807, 2.05) is 0 Å². The normalized spacial score (nSPS) is 15.0. The maximum absolute atomic E-state index is 11.9. The number of nitrogens with zero attached hydrogens (tertiary/aromatic N) is 1. The standard InChI is InChI=1S/C9H16N4O7/c10-1-4(15)13(3(2-14)9(19)20)8(18)5(11)6(16)7(12)17/h3,5-6,14,16H,1-2,10-11H2,(H2,12,17)(H,19,20)/t3-,5-,6-/m0/s1. The van der Waals surface area contributed by atoms with Gasteiger partial charge in [0, 0.05) is 0 Å². The van der Waals surface area contributed by atoms with Crippen LogP contribution in [0.4, 0.5) is 0 Å². The molecule has 0 spiro atoms. The summed E-state index contributed by atoms with van der Waals surface area (Å²) in [4.78, 5) is 45.1. The van der Waals surface area contributed by atoms with E-state index >= 15 is 0 Å². The summed E-state index contributed by atoms with van der Waals surface area (Å²) in [6.07, 6.45) is -2.12. The lowest BCUT2D eigenvalue weighted by molar-refractivity contribution is -0.161. The third-order valence-electron chi connectivity index (χ3n) is 2.37. The molecule has 0 fully saturated rings. The molecule has 0 unspecified atom stereocenters. The van der Waals surface area contributed by atoms with Crippen LogP contribution in [0, 0.1) is 0 Å². The van der Waals surface area contributed by atoms with Crippen molar-refractivity contribution in [3.8, 4) is 0 Å². The van der Waals surface area contributed by atoms with Gasteiger partial charge in [-0.1, -0.05) is 0 Å². The Bertz CT molecular complexity index is 413.